The second-order valence-corrected chi connectivity index (χ2v) is 6.70. The lowest BCUT2D eigenvalue weighted by atomic mass is 10.3. The van der Waals surface area contributed by atoms with Crippen molar-refractivity contribution in [2.75, 3.05) is 11.8 Å². The van der Waals surface area contributed by atoms with Gasteiger partial charge in [0, 0.05) is 17.2 Å². The fourth-order valence-electron chi connectivity index (χ4n) is 1.65. The summed E-state index contributed by atoms with van der Waals surface area (Å²) >= 11 is 3.29. The smallest absolute Gasteiger partial charge is 0.279 e. The Morgan fingerprint density at radius 3 is 2.67 bits per heavy atom. The molecule has 0 saturated heterocycles. The molecule has 2 rings (SSSR count). The van der Waals surface area contributed by atoms with Gasteiger partial charge in [-0.1, -0.05) is 22.0 Å². The highest BCUT2D eigenvalue weighted by Gasteiger charge is 2.18. The first kappa shape index (κ1) is 15.7. The van der Waals surface area contributed by atoms with Crippen LogP contribution in [0, 0.1) is 0 Å². The minimum absolute atomic E-state index is 0.0817. The molecule has 0 aliphatic heterocycles. The number of nitrogens with one attached hydrogen (secondary N) is 1. The molecule has 0 atom stereocenters. The van der Waals surface area contributed by atoms with Crippen LogP contribution in [0.25, 0.3) is 0 Å². The molecule has 0 saturated carbocycles. The van der Waals surface area contributed by atoms with Crippen molar-refractivity contribution in [3.8, 4) is 5.75 Å². The summed E-state index contributed by atoms with van der Waals surface area (Å²) in [7, 11) is -2.32. The summed E-state index contributed by atoms with van der Waals surface area (Å²) in [6, 6.07) is 8.07. The Morgan fingerprint density at radius 1 is 1.33 bits per heavy atom. The van der Waals surface area contributed by atoms with Crippen LogP contribution in [0.2, 0.25) is 0 Å². The number of aromatic nitrogens is 1. The first-order chi connectivity index (χ1) is 9.96. The average Bonchev–Trinajstić information content (AvgIpc) is 2.47. The van der Waals surface area contributed by atoms with E-state index in [-0.39, 0.29) is 5.03 Å². The fourth-order valence-corrected chi connectivity index (χ4v) is 3.00. The molecule has 0 spiro atoms. The van der Waals surface area contributed by atoms with Gasteiger partial charge in [-0.05, 0) is 29.8 Å². The summed E-state index contributed by atoms with van der Waals surface area (Å²) in [5, 5.41) is -0.0817. The lowest BCUT2D eigenvalue weighted by molar-refractivity contribution is 0.417. The van der Waals surface area contributed by atoms with Crippen molar-refractivity contribution in [2.24, 2.45) is 5.73 Å². The molecule has 3 N–H and O–H groups in total. The number of sulfonamides is 1. The van der Waals surface area contributed by atoms with E-state index >= 15 is 0 Å². The maximum atomic E-state index is 12.3. The molecule has 0 unspecified atom stereocenters. The summed E-state index contributed by atoms with van der Waals surface area (Å²) < 4.78 is 32.9. The molecule has 1 aromatic heterocycles. The van der Waals surface area contributed by atoms with Gasteiger partial charge in [0.2, 0.25) is 0 Å². The van der Waals surface area contributed by atoms with E-state index in [4.69, 9.17) is 10.5 Å². The second kappa shape index (κ2) is 6.42. The summed E-state index contributed by atoms with van der Waals surface area (Å²) in [6.45, 7) is 0.306. The number of nitrogens with zero attached hydrogens (tertiary/aromatic N) is 1. The third-order valence-corrected chi connectivity index (χ3v) is 4.49. The van der Waals surface area contributed by atoms with Crippen molar-refractivity contribution in [1.29, 1.82) is 0 Å². The number of ether oxygens (including phenoxy) is 1. The molecule has 0 bridgehead atoms. The van der Waals surface area contributed by atoms with Crippen LogP contribution in [0.1, 0.15) is 5.56 Å². The Bertz CT molecular complexity index is 733. The molecular weight excluding hydrogens is 358 g/mol. The van der Waals surface area contributed by atoms with Gasteiger partial charge in [0.05, 0.1) is 12.8 Å². The van der Waals surface area contributed by atoms with E-state index in [1.54, 1.807) is 24.3 Å². The molecular formula is C13H14BrN3O3S. The molecule has 0 aliphatic carbocycles. The molecule has 0 fully saturated rings. The van der Waals surface area contributed by atoms with E-state index in [2.05, 4.69) is 25.6 Å². The van der Waals surface area contributed by atoms with E-state index in [1.807, 2.05) is 0 Å². The van der Waals surface area contributed by atoms with Crippen molar-refractivity contribution < 1.29 is 13.2 Å². The number of methoxy groups -OCH3 is 1. The Hall–Kier alpha value is -1.64. The van der Waals surface area contributed by atoms with Gasteiger partial charge in [-0.3, -0.25) is 4.72 Å². The van der Waals surface area contributed by atoms with Gasteiger partial charge in [-0.2, -0.15) is 8.42 Å². The molecule has 6 nitrogen and oxygen atoms in total. The van der Waals surface area contributed by atoms with Crippen LogP contribution >= 0.6 is 15.9 Å². The van der Waals surface area contributed by atoms with E-state index in [0.717, 1.165) is 10.0 Å². The van der Waals surface area contributed by atoms with Gasteiger partial charge in [0.25, 0.3) is 10.0 Å². The third kappa shape index (κ3) is 3.72. The van der Waals surface area contributed by atoms with E-state index in [1.165, 1.54) is 19.4 Å². The minimum Gasteiger partial charge on any atom is -0.495 e. The zero-order valence-electron chi connectivity index (χ0n) is 11.2. The highest BCUT2D eigenvalue weighted by atomic mass is 79.9. The second-order valence-electron chi connectivity index (χ2n) is 4.16. The fraction of sp³-hybridized carbons (Fsp3) is 0.154. The van der Waals surface area contributed by atoms with Gasteiger partial charge in [-0.15, -0.1) is 0 Å². The van der Waals surface area contributed by atoms with Crippen LogP contribution in [0.15, 0.2) is 46.0 Å². The first-order valence-electron chi connectivity index (χ1n) is 5.97. The zero-order valence-corrected chi connectivity index (χ0v) is 13.6. The molecule has 112 valence electrons. The molecule has 1 heterocycles. The number of rotatable bonds is 5. The lowest BCUT2D eigenvalue weighted by Crippen LogP contribution is -2.15. The molecule has 21 heavy (non-hydrogen) atoms. The molecule has 1 aromatic carbocycles. The van der Waals surface area contributed by atoms with E-state index < -0.39 is 10.0 Å². The van der Waals surface area contributed by atoms with Crippen LogP contribution in [0.5, 0.6) is 5.75 Å². The van der Waals surface area contributed by atoms with Crippen LogP contribution < -0.4 is 15.2 Å². The van der Waals surface area contributed by atoms with Crippen molar-refractivity contribution in [3.63, 3.8) is 0 Å². The normalized spacial score (nSPS) is 11.2. The molecule has 0 radical (unpaired) electrons. The van der Waals surface area contributed by atoms with E-state index in [0.29, 0.717) is 18.0 Å². The maximum absolute atomic E-state index is 12.3. The third-order valence-electron chi connectivity index (χ3n) is 2.71. The zero-order chi connectivity index (χ0) is 15.5. The van der Waals surface area contributed by atoms with Gasteiger partial charge < -0.3 is 10.5 Å². The van der Waals surface area contributed by atoms with E-state index in [9.17, 15) is 8.42 Å². The maximum Gasteiger partial charge on any atom is 0.279 e. The number of halogens is 1. The standard InChI is InChI=1S/C13H14BrN3O3S/c1-20-12-4-3-10(14)6-11(12)17-21(18,19)13-5-2-9(7-15)8-16-13/h2-6,8,17H,7,15H2,1H3. The highest BCUT2D eigenvalue weighted by Crippen LogP contribution is 2.29. The Balaban J connectivity index is 2.34. The van der Waals surface area contributed by atoms with Crippen LogP contribution in [0.3, 0.4) is 0 Å². The Kier molecular flexibility index (Phi) is 4.81. The van der Waals surface area contributed by atoms with Crippen molar-refractivity contribution in [3.05, 3.63) is 46.6 Å². The number of hydrogen-bond acceptors (Lipinski definition) is 5. The molecule has 2 aromatic rings. The van der Waals surface area contributed by atoms with Crippen LogP contribution in [-0.2, 0) is 16.6 Å². The van der Waals surface area contributed by atoms with Gasteiger partial charge in [-0.25, -0.2) is 4.98 Å². The van der Waals surface area contributed by atoms with Crippen molar-refractivity contribution in [1.82, 2.24) is 4.98 Å². The van der Waals surface area contributed by atoms with Crippen LogP contribution in [0.4, 0.5) is 5.69 Å². The number of pyridine rings is 1. The monoisotopic (exact) mass is 371 g/mol. The van der Waals surface area contributed by atoms with Gasteiger partial charge in [0.1, 0.15) is 5.75 Å². The highest BCUT2D eigenvalue weighted by molar-refractivity contribution is 9.10. The summed E-state index contributed by atoms with van der Waals surface area (Å²) in [5.41, 5.74) is 6.55. The minimum atomic E-state index is -3.79. The average molecular weight is 372 g/mol. The lowest BCUT2D eigenvalue weighted by Gasteiger charge is -2.12. The quantitative estimate of drug-likeness (QED) is 0.839. The summed E-state index contributed by atoms with van der Waals surface area (Å²) in [6.07, 6.45) is 1.44. The largest absolute Gasteiger partial charge is 0.495 e. The first-order valence-corrected chi connectivity index (χ1v) is 8.25. The van der Waals surface area contributed by atoms with Gasteiger partial charge in [0.15, 0.2) is 5.03 Å². The van der Waals surface area contributed by atoms with Gasteiger partial charge >= 0.3 is 0 Å². The number of benzene rings is 1. The van der Waals surface area contributed by atoms with Crippen molar-refractivity contribution in [2.45, 2.75) is 11.6 Å². The summed E-state index contributed by atoms with van der Waals surface area (Å²) in [4.78, 5) is 3.91. The molecule has 0 amide bonds. The SMILES string of the molecule is COc1ccc(Br)cc1NS(=O)(=O)c1ccc(CN)cn1. The molecule has 0 aliphatic rings. The molecule has 8 heteroatoms. The Morgan fingerprint density at radius 2 is 2.10 bits per heavy atom. The number of nitrogens with two attached hydrogens (primary N) is 1. The summed E-state index contributed by atoms with van der Waals surface area (Å²) in [5.74, 6) is 0.417. The predicted molar refractivity (Wildman–Crippen MR) is 83.6 cm³/mol. The van der Waals surface area contributed by atoms with Crippen LogP contribution in [-0.4, -0.2) is 20.5 Å². The number of anilines is 1. The Labute approximate surface area is 131 Å². The topological polar surface area (TPSA) is 94.3 Å². The number of hydrogen-bond donors (Lipinski definition) is 2. The van der Waals surface area contributed by atoms with Crippen molar-refractivity contribution >= 4 is 31.6 Å². The predicted octanol–water partition coefficient (Wildman–Crippen LogP) is 2.11.